The summed E-state index contributed by atoms with van der Waals surface area (Å²) in [6, 6.07) is 0. The zero-order valence-electron chi connectivity index (χ0n) is 15.5. The molecule has 0 aromatic heterocycles. The van der Waals surface area contributed by atoms with Crippen molar-refractivity contribution < 1.29 is 14.3 Å². The fourth-order valence-electron chi connectivity index (χ4n) is 2.67. The molecule has 2 aliphatic heterocycles. The number of amidine groups is 1. The number of esters is 1. The Morgan fingerprint density at radius 1 is 1.40 bits per heavy atom. The smallest absolute Gasteiger partial charge is 0.309 e. The molecule has 1 atom stereocenters. The standard InChI is InChI=1S/C19H29N3O3/c1-5-15(3)17(13-19(23)25-6-2)14-22-16(4)7-8-18(20-22)21-9-11-24-12-10-21/h7-8,14-15H,4-6,9-13H2,1-3H3/b17-14-. The van der Waals surface area contributed by atoms with Crippen LogP contribution < -0.4 is 0 Å². The number of carbonyl (C=O) groups is 1. The number of rotatable bonds is 6. The van der Waals surface area contributed by atoms with Crippen molar-refractivity contribution in [2.45, 2.75) is 33.6 Å². The highest BCUT2D eigenvalue weighted by Crippen LogP contribution is 2.23. The van der Waals surface area contributed by atoms with Crippen molar-refractivity contribution in [3.05, 3.63) is 36.2 Å². The lowest BCUT2D eigenvalue weighted by molar-refractivity contribution is -0.142. The van der Waals surface area contributed by atoms with E-state index in [1.165, 1.54) is 0 Å². The van der Waals surface area contributed by atoms with Gasteiger partial charge in [-0.25, -0.2) is 5.01 Å². The number of hydrogen-bond acceptors (Lipinski definition) is 6. The Kier molecular flexibility index (Phi) is 7.25. The molecule has 1 fully saturated rings. The number of carbonyl (C=O) groups excluding carboxylic acids is 1. The summed E-state index contributed by atoms with van der Waals surface area (Å²) < 4.78 is 10.5. The summed E-state index contributed by atoms with van der Waals surface area (Å²) in [5.74, 6) is 0.960. The van der Waals surface area contributed by atoms with Gasteiger partial charge in [-0.2, -0.15) is 5.10 Å². The van der Waals surface area contributed by atoms with E-state index in [9.17, 15) is 4.79 Å². The molecule has 0 saturated carbocycles. The van der Waals surface area contributed by atoms with E-state index in [0.717, 1.165) is 36.6 Å². The van der Waals surface area contributed by atoms with Crippen LogP contribution in [0.2, 0.25) is 0 Å². The van der Waals surface area contributed by atoms with Gasteiger partial charge in [-0.05, 0) is 37.0 Å². The summed E-state index contributed by atoms with van der Waals surface area (Å²) in [5, 5.41) is 6.47. The minimum Gasteiger partial charge on any atom is -0.466 e. The van der Waals surface area contributed by atoms with Crippen LogP contribution in [-0.4, -0.2) is 54.6 Å². The van der Waals surface area contributed by atoms with Gasteiger partial charge < -0.3 is 14.4 Å². The second-order valence-corrected chi connectivity index (χ2v) is 6.22. The fourth-order valence-corrected chi connectivity index (χ4v) is 2.67. The molecule has 2 rings (SSSR count). The Balaban J connectivity index is 2.19. The maximum Gasteiger partial charge on any atom is 0.309 e. The molecule has 2 aliphatic rings. The highest BCUT2D eigenvalue weighted by Gasteiger charge is 2.19. The maximum atomic E-state index is 11.9. The van der Waals surface area contributed by atoms with Gasteiger partial charge in [-0.15, -0.1) is 0 Å². The van der Waals surface area contributed by atoms with Crippen LogP contribution in [0.1, 0.15) is 33.6 Å². The summed E-state index contributed by atoms with van der Waals surface area (Å²) in [6.45, 7) is 13.6. The van der Waals surface area contributed by atoms with Gasteiger partial charge in [-0.1, -0.05) is 20.4 Å². The molecule has 138 valence electrons. The van der Waals surface area contributed by atoms with Gasteiger partial charge in [0.25, 0.3) is 0 Å². The minimum atomic E-state index is -0.204. The van der Waals surface area contributed by atoms with Gasteiger partial charge in [-0.3, -0.25) is 4.79 Å². The molecule has 0 aromatic rings. The molecule has 0 aliphatic carbocycles. The van der Waals surface area contributed by atoms with Crippen molar-refractivity contribution in [1.29, 1.82) is 0 Å². The van der Waals surface area contributed by atoms with E-state index >= 15 is 0 Å². The second kappa shape index (κ2) is 9.42. The third-order valence-corrected chi connectivity index (χ3v) is 4.45. The van der Waals surface area contributed by atoms with Crippen LogP contribution in [0.15, 0.2) is 41.3 Å². The molecule has 6 heteroatoms. The quantitative estimate of drug-likeness (QED) is 0.692. The molecule has 6 nitrogen and oxygen atoms in total. The Bertz CT molecular complexity index is 574. The largest absolute Gasteiger partial charge is 0.466 e. The van der Waals surface area contributed by atoms with Crippen molar-refractivity contribution in [1.82, 2.24) is 9.91 Å². The number of morpholine rings is 1. The minimum absolute atomic E-state index is 0.204. The van der Waals surface area contributed by atoms with Crippen molar-refractivity contribution >= 4 is 11.8 Å². The zero-order valence-corrected chi connectivity index (χ0v) is 15.5. The zero-order chi connectivity index (χ0) is 18.2. The van der Waals surface area contributed by atoms with Crippen LogP contribution in [0.4, 0.5) is 0 Å². The predicted molar refractivity (Wildman–Crippen MR) is 98.7 cm³/mol. The normalized spacial score (nSPS) is 19.7. The van der Waals surface area contributed by atoms with Crippen molar-refractivity contribution in [2.75, 3.05) is 32.9 Å². The first-order chi connectivity index (χ1) is 12.0. The van der Waals surface area contributed by atoms with E-state index in [-0.39, 0.29) is 18.3 Å². The first-order valence-electron chi connectivity index (χ1n) is 8.98. The van der Waals surface area contributed by atoms with Crippen molar-refractivity contribution in [3.8, 4) is 0 Å². The molecule has 0 aromatic carbocycles. The fraction of sp³-hybridized carbons (Fsp3) is 0.579. The number of nitrogens with zero attached hydrogens (tertiary/aromatic N) is 3. The molecule has 0 bridgehead atoms. The van der Waals surface area contributed by atoms with E-state index in [1.807, 2.05) is 25.3 Å². The Morgan fingerprint density at radius 2 is 2.12 bits per heavy atom. The number of allylic oxidation sites excluding steroid dienone is 1. The van der Waals surface area contributed by atoms with E-state index in [2.05, 4.69) is 25.3 Å². The summed E-state index contributed by atoms with van der Waals surface area (Å²) in [6.07, 6.45) is 7.08. The molecule has 25 heavy (non-hydrogen) atoms. The molecule has 0 radical (unpaired) electrons. The first kappa shape index (κ1) is 19.2. The summed E-state index contributed by atoms with van der Waals surface area (Å²) in [7, 11) is 0. The van der Waals surface area contributed by atoms with Crippen LogP contribution in [0.25, 0.3) is 0 Å². The number of hydrazone groups is 1. The number of hydrogen-bond donors (Lipinski definition) is 0. The second-order valence-electron chi connectivity index (χ2n) is 6.22. The van der Waals surface area contributed by atoms with Crippen molar-refractivity contribution in [2.24, 2.45) is 11.0 Å². The lowest BCUT2D eigenvalue weighted by Gasteiger charge is -2.32. The lowest BCUT2D eigenvalue weighted by Crippen LogP contribution is -2.41. The Labute approximate surface area is 150 Å². The molecule has 1 unspecified atom stereocenters. The Hall–Kier alpha value is -2.08. The van der Waals surface area contributed by atoms with Gasteiger partial charge in [0.2, 0.25) is 0 Å². The molecular formula is C19H29N3O3. The van der Waals surface area contributed by atoms with E-state index in [1.54, 1.807) is 5.01 Å². The monoisotopic (exact) mass is 347 g/mol. The van der Waals surface area contributed by atoms with Crippen LogP contribution >= 0.6 is 0 Å². The van der Waals surface area contributed by atoms with Gasteiger partial charge in [0.05, 0.1) is 31.9 Å². The average molecular weight is 347 g/mol. The number of ether oxygens (including phenoxy) is 2. The highest BCUT2D eigenvalue weighted by molar-refractivity contribution is 5.94. The van der Waals surface area contributed by atoms with Crippen LogP contribution in [0, 0.1) is 5.92 Å². The summed E-state index contributed by atoms with van der Waals surface area (Å²) in [5.41, 5.74) is 1.78. The van der Waals surface area contributed by atoms with Crippen LogP contribution in [-0.2, 0) is 14.3 Å². The average Bonchev–Trinajstić information content (AvgIpc) is 2.63. The molecule has 1 saturated heterocycles. The molecule has 0 spiro atoms. The third-order valence-electron chi connectivity index (χ3n) is 4.45. The van der Waals surface area contributed by atoms with Gasteiger partial charge in [0, 0.05) is 19.3 Å². The molecule has 0 N–H and O–H groups in total. The molecule has 0 amide bonds. The Morgan fingerprint density at radius 3 is 2.76 bits per heavy atom. The third kappa shape index (κ3) is 5.46. The first-order valence-corrected chi connectivity index (χ1v) is 8.98. The van der Waals surface area contributed by atoms with Crippen LogP contribution in [0.3, 0.4) is 0 Å². The SMILES string of the molecule is C=C1C=CC(N2CCOCC2)=NN1/C=C(/CC(=O)OCC)C(C)CC. The lowest BCUT2D eigenvalue weighted by atomic mass is 9.96. The maximum absolute atomic E-state index is 11.9. The molecular weight excluding hydrogens is 318 g/mol. The van der Waals surface area contributed by atoms with Gasteiger partial charge in [0.15, 0.2) is 0 Å². The van der Waals surface area contributed by atoms with Gasteiger partial charge >= 0.3 is 5.97 Å². The predicted octanol–water partition coefficient (Wildman–Crippen LogP) is 2.90. The van der Waals surface area contributed by atoms with E-state index < -0.39 is 0 Å². The van der Waals surface area contributed by atoms with E-state index in [4.69, 9.17) is 14.6 Å². The topological polar surface area (TPSA) is 54.4 Å². The van der Waals surface area contributed by atoms with Crippen molar-refractivity contribution in [3.63, 3.8) is 0 Å². The van der Waals surface area contributed by atoms with E-state index in [0.29, 0.717) is 19.8 Å². The van der Waals surface area contributed by atoms with Gasteiger partial charge in [0.1, 0.15) is 5.84 Å². The summed E-state index contributed by atoms with van der Waals surface area (Å²) in [4.78, 5) is 14.1. The van der Waals surface area contributed by atoms with Crippen LogP contribution in [0.5, 0.6) is 0 Å². The summed E-state index contributed by atoms with van der Waals surface area (Å²) >= 11 is 0. The highest BCUT2D eigenvalue weighted by atomic mass is 16.5. The molecule has 2 heterocycles.